The molecule has 2 aromatic heterocycles. The topological polar surface area (TPSA) is 115 Å². The minimum absolute atomic E-state index is 0.304. The third kappa shape index (κ3) is 6.05. The lowest BCUT2D eigenvalue weighted by Gasteiger charge is -2.36. The van der Waals surface area contributed by atoms with Crippen LogP contribution in [-0.2, 0) is 7.05 Å². The Bertz CT molecular complexity index is 3290. The number of rotatable bonds is 8. The molecule has 1 atom stereocenters. The Morgan fingerprint density at radius 2 is 1.35 bits per heavy atom. The van der Waals surface area contributed by atoms with Crippen molar-refractivity contribution >= 4 is 66.8 Å². The van der Waals surface area contributed by atoms with Crippen LogP contribution in [0.5, 0.6) is 0 Å². The Kier molecular flexibility index (Phi) is 8.83. The molecule has 1 aliphatic heterocycles. The van der Waals surface area contributed by atoms with E-state index in [1.807, 2.05) is 74.8 Å². The second kappa shape index (κ2) is 14.8. The van der Waals surface area contributed by atoms with E-state index in [4.69, 9.17) is 15.3 Å². The van der Waals surface area contributed by atoms with E-state index >= 15 is 0 Å². The predicted octanol–water partition coefficient (Wildman–Crippen LogP) is 9.27. The molecule has 3 aliphatic rings. The molecule has 0 saturated carbocycles. The van der Waals surface area contributed by atoms with E-state index in [0.717, 1.165) is 67.2 Å². The summed E-state index contributed by atoms with van der Waals surface area (Å²) in [5, 5.41) is 33.0. The van der Waals surface area contributed by atoms with Crippen LogP contribution in [0.4, 0.5) is 5.69 Å². The van der Waals surface area contributed by atoms with Gasteiger partial charge in [-0.3, -0.25) is 5.41 Å². The Balaban J connectivity index is 1.01. The highest BCUT2D eigenvalue weighted by Crippen LogP contribution is 2.40. The van der Waals surface area contributed by atoms with Gasteiger partial charge < -0.3 is 14.9 Å². The van der Waals surface area contributed by atoms with Crippen LogP contribution < -0.4 is 15.8 Å². The van der Waals surface area contributed by atoms with Gasteiger partial charge in [-0.1, -0.05) is 109 Å². The fraction of sp³-hybridized carbons (Fsp3) is 0.0784. The lowest BCUT2D eigenvalue weighted by molar-refractivity contribution is 0.270. The molecule has 1 unspecified atom stereocenters. The quantitative estimate of drug-likeness (QED) is 0.104. The van der Waals surface area contributed by atoms with Crippen molar-refractivity contribution in [3.8, 4) is 16.8 Å². The Labute approximate surface area is 358 Å². The number of aromatic nitrogens is 4. The summed E-state index contributed by atoms with van der Waals surface area (Å²) in [5.41, 5.74) is 21.8. The van der Waals surface area contributed by atoms with Crippen LogP contribution in [0.1, 0.15) is 11.1 Å². The maximum Gasteiger partial charge on any atom is 0.137 e. The Morgan fingerprint density at radius 3 is 2.16 bits per heavy atom. The first kappa shape index (κ1) is 36.9. The van der Waals surface area contributed by atoms with Crippen LogP contribution in [0.3, 0.4) is 0 Å². The molecule has 62 heavy (non-hydrogen) atoms. The first-order chi connectivity index (χ1) is 30.4. The molecule has 11 rings (SSSR count). The van der Waals surface area contributed by atoms with Crippen molar-refractivity contribution in [2.75, 3.05) is 19.0 Å². The molecular formula is C51H41N11. The van der Waals surface area contributed by atoms with Crippen molar-refractivity contribution in [1.29, 1.82) is 5.41 Å². The monoisotopic (exact) mass is 807 g/mol. The molecule has 0 saturated heterocycles. The largest absolute Gasteiger partial charge is 0.312 e. The Morgan fingerprint density at radius 1 is 0.661 bits per heavy atom. The molecule has 11 nitrogen and oxygen atoms in total. The maximum absolute atomic E-state index is 9.51. The van der Waals surface area contributed by atoms with Crippen LogP contribution in [0.2, 0.25) is 0 Å². The van der Waals surface area contributed by atoms with Crippen molar-refractivity contribution in [1.82, 2.24) is 35.5 Å². The van der Waals surface area contributed by atoms with E-state index in [9.17, 15) is 5.41 Å². The zero-order chi connectivity index (χ0) is 41.9. The summed E-state index contributed by atoms with van der Waals surface area (Å²) in [4.78, 5) is 3.74. The molecule has 3 N–H and O–H groups in total. The number of para-hydroxylation sites is 2. The second-order valence-corrected chi connectivity index (χ2v) is 15.5. The van der Waals surface area contributed by atoms with Crippen molar-refractivity contribution in [3.05, 3.63) is 192 Å². The molecule has 11 heteroatoms. The molecule has 2 aliphatic carbocycles. The van der Waals surface area contributed by atoms with E-state index < -0.39 is 0 Å². The van der Waals surface area contributed by atoms with Crippen LogP contribution in [0, 0.1) is 5.41 Å². The average molecular weight is 808 g/mol. The van der Waals surface area contributed by atoms with Gasteiger partial charge in [0.25, 0.3) is 0 Å². The van der Waals surface area contributed by atoms with Crippen molar-refractivity contribution in [2.24, 2.45) is 17.3 Å². The first-order valence-corrected chi connectivity index (χ1v) is 20.6. The van der Waals surface area contributed by atoms with Gasteiger partial charge in [0.1, 0.15) is 22.8 Å². The molecule has 0 amide bonds. The number of hydrazine groups is 1. The van der Waals surface area contributed by atoms with Gasteiger partial charge in [0.15, 0.2) is 0 Å². The van der Waals surface area contributed by atoms with Crippen LogP contribution in [0.25, 0.3) is 60.8 Å². The van der Waals surface area contributed by atoms with E-state index in [-0.39, 0.29) is 6.04 Å². The number of aryl methyl sites for hydroxylation is 1. The normalized spacial score (nSPS) is 16.9. The minimum Gasteiger partial charge on any atom is -0.312 e. The number of hydrazone groups is 2. The summed E-state index contributed by atoms with van der Waals surface area (Å²) >= 11 is 0. The number of nitrogens with one attached hydrogen (secondary N) is 3. The van der Waals surface area contributed by atoms with Gasteiger partial charge in [-0.2, -0.15) is 25.2 Å². The van der Waals surface area contributed by atoms with Crippen molar-refractivity contribution in [3.63, 3.8) is 0 Å². The standard InChI is InChI=1S/C51H41N11/c1-53-54-50-45(29-26-37(47(50)52)33-13-6-4-7-14-33)62(44-20-12-18-41-49(44)57-59(2)55-41)46-30-27-38(48-51(46)58-60(3)56-48)34-23-21-32(22-24-34)35-25-28-43-40(31-35)39-17-10-11-19-42(39)61(43)36-15-8-5-9-16-36/h4-31,51-53,58H,1-3H3/b52-47?,54-50-. The number of benzene rings is 6. The van der Waals surface area contributed by atoms with E-state index in [1.165, 1.54) is 21.8 Å². The number of hydrogen-bond acceptors (Lipinski definition) is 9. The lowest BCUT2D eigenvalue weighted by atomic mass is 9.87. The van der Waals surface area contributed by atoms with Gasteiger partial charge in [-0.05, 0) is 82.9 Å². The van der Waals surface area contributed by atoms with Gasteiger partial charge in [0.05, 0.1) is 33.8 Å². The number of allylic oxidation sites excluding steroid dienone is 6. The van der Waals surface area contributed by atoms with Gasteiger partial charge in [-0.15, -0.1) is 0 Å². The van der Waals surface area contributed by atoms with E-state index in [1.54, 1.807) is 17.0 Å². The summed E-state index contributed by atoms with van der Waals surface area (Å²) < 4.78 is 2.34. The minimum atomic E-state index is -0.346. The SMILES string of the molecule is CN/N=C1\C(=N)C(c2ccccc2)=CC=C1N(C1=CC=C(c2ccc(-c3ccc4c(c3)c3ccccc3n4-c3ccccc3)cc2)C2=NN(C)NC12)c1cccc2nn(C)nc12. The smallest absolute Gasteiger partial charge is 0.137 e. The number of hydrogen-bond donors (Lipinski definition) is 3. The summed E-state index contributed by atoms with van der Waals surface area (Å²) in [5.74, 6) is 0. The zero-order valence-corrected chi connectivity index (χ0v) is 34.3. The second-order valence-electron chi connectivity index (χ2n) is 15.5. The van der Waals surface area contributed by atoms with Gasteiger partial charge >= 0.3 is 0 Å². The summed E-state index contributed by atoms with van der Waals surface area (Å²) in [7, 11) is 5.50. The van der Waals surface area contributed by atoms with Crippen molar-refractivity contribution in [2.45, 2.75) is 6.04 Å². The van der Waals surface area contributed by atoms with Crippen LogP contribution >= 0.6 is 0 Å². The average Bonchev–Trinajstić information content (AvgIpc) is 4.00. The fourth-order valence-electron chi connectivity index (χ4n) is 9.02. The molecule has 0 fully saturated rings. The molecular weight excluding hydrogens is 767 g/mol. The van der Waals surface area contributed by atoms with E-state index in [2.05, 4.69) is 135 Å². The van der Waals surface area contributed by atoms with Gasteiger partial charge in [0, 0.05) is 54.4 Å². The molecule has 6 aromatic carbocycles. The third-order valence-corrected chi connectivity index (χ3v) is 11.8. The molecule has 0 bridgehead atoms. The van der Waals surface area contributed by atoms with Gasteiger partial charge in [-0.25, -0.2) is 10.5 Å². The molecule has 0 radical (unpaired) electrons. The molecule has 300 valence electrons. The predicted molar refractivity (Wildman–Crippen MR) is 252 cm³/mol. The molecule has 3 heterocycles. The van der Waals surface area contributed by atoms with E-state index in [0.29, 0.717) is 17.1 Å². The summed E-state index contributed by atoms with van der Waals surface area (Å²) in [6.07, 6.45) is 8.32. The zero-order valence-electron chi connectivity index (χ0n) is 34.3. The highest BCUT2D eigenvalue weighted by Gasteiger charge is 2.39. The lowest BCUT2D eigenvalue weighted by Crippen LogP contribution is -2.46. The molecule has 8 aromatic rings. The number of fused-ring (bicyclic) bond motifs is 5. The van der Waals surface area contributed by atoms with Crippen molar-refractivity contribution < 1.29 is 0 Å². The molecule has 0 spiro atoms. The van der Waals surface area contributed by atoms with Crippen LogP contribution in [0.15, 0.2) is 191 Å². The third-order valence-electron chi connectivity index (χ3n) is 11.8. The summed E-state index contributed by atoms with van der Waals surface area (Å²) in [6, 6.07) is 50.3. The Hall–Kier alpha value is -8.15. The first-order valence-electron chi connectivity index (χ1n) is 20.6. The highest BCUT2D eigenvalue weighted by atomic mass is 15.7. The fourth-order valence-corrected chi connectivity index (χ4v) is 9.02. The number of nitrogens with zero attached hydrogens (tertiary/aromatic N) is 8. The van der Waals surface area contributed by atoms with Gasteiger partial charge in [0.2, 0.25) is 0 Å². The maximum atomic E-state index is 9.51. The summed E-state index contributed by atoms with van der Waals surface area (Å²) in [6.45, 7) is 0. The van der Waals surface area contributed by atoms with Crippen LogP contribution in [-0.4, -0.2) is 62.0 Å². The number of anilines is 1. The highest BCUT2D eigenvalue weighted by molar-refractivity contribution is 6.62.